The number of non-ortho nitro benzene ring substituents is 1. The Bertz CT molecular complexity index is 1430. The standard InChI is InChI=1S/C26H33N5O6S/c1-16(2)14-27-25(32)24-19(6)26(30(29-24)20-9-7-18(5)8-10-20)37-22-12-11-21(31(33)34)13-23(22)38(35,36)28-15-17(3)4/h7-13,16-17,28H,14-15H2,1-6H3,(H,27,32). The van der Waals surface area contributed by atoms with Gasteiger partial charge in [0, 0.05) is 30.8 Å². The Morgan fingerprint density at radius 1 is 1.05 bits per heavy atom. The number of sulfonamides is 1. The van der Waals surface area contributed by atoms with Crippen LogP contribution < -0.4 is 14.8 Å². The van der Waals surface area contributed by atoms with E-state index in [2.05, 4.69) is 15.1 Å². The number of ether oxygens (including phenoxy) is 1. The van der Waals surface area contributed by atoms with Crippen molar-refractivity contribution in [1.82, 2.24) is 19.8 Å². The monoisotopic (exact) mass is 543 g/mol. The van der Waals surface area contributed by atoms with Crippen molar-refractivity contribution in [2.24, 2.45) is 11.8 Å². The summed E-state index contributed by atoms with van der Waals surface area (Å²) in [5.74, 6) is -0.206. The highest BCUT2D eigenvalue weighted by atomic mass is 32.2. The normalized spacial score (nSPS) is 11.7. The van der Waals surface area contributed by atoms with Gasteiger partial charge in [-0.15, -0.1) is 0 Å². The molecule has 0 aliphatic rings. The van der Waals surface area contributed by atoms with Crippen LogP contribution in [-0.4, -0.2) is 42.1 Å². The van der Waals surface area contributed by atoms with Gasteiger partial charge in [-0.3, -0.25) is 14.9 Å². The number of hydrogen-bond donors (Lipinski definition) is 2. The molecule has 0 atom stereocenters. The summed E-state index contributed by atoms with van der Waals surface area (Å²) in [5.41, 5.74) is 1.68. The van der Waals surface area contributed by atoms with Gasteiger partial charge in [0.2, 0.25) is 15.9 Å². The van der Waals surface area contributed by atoms with Crippen molar-refractivity contribution in [3.8, 4) is 17.3 Å². The van der Waals surface area contributed by atoms with E-state index < -0.39 is 31.4 Å². The number of aromatic nitrogens is 2. The lowest BCUT2D eigenvalue weighted by molar-refractivity contribution is -0.385. The first-order valence-electron chi connectivity index (χ1n) is 12.2. The topological polar surface area (TPSA) is 145 Å². The molecule has 3 rings (SSSR count). The van der Waals surface area contributed by atoms with Crippen molar-refractivity contribution in [3.63, 3.8) is 0 Å². The van der Waals surface area contributed by atoms with Gasteiger partial charge in [-0.1, -0.05) is 45.4 Å². The quantitative estimate of drug-likeness (QED) is 0.267. The van der Waals surface area contributed by atoms with Crippen LogP contribution >= 0.6 is 0 Å². The number of rotatable bonds is 11. The zero-order valence-corrected chi connectivity index (χ0v) is 23.1. The maximum absolute atomic E-state index is 13.2. The van der Waals surface area contributed by atoms with E-state index in [9.17, 15) is 23.3 Å². The van der Waals surface area contributed by atoms with Crippen LogP contribution in [-0.2, 0) is 10.0 Å². The van der Waals surface area contributed by atoms with E-state index in [1.807, 2.05) is 46.8 Å². The van der Waals surface area contributed by atoms with Gasteiger partial charge in [-0.05, 0) is 43.9 Å². The first-order chi connectivity index (χ1) is 17.8. The first kappa shape index (κ1) is 28.8. The summed E-state index contributed by atoms with van der Waals surface area (Å²) in [5, 5.41) is 18.7. The van der Waals surface area contributed by atoms with Crippen LogP contribution in [0, 0.1) is 35.8 Å². The molecule has 204 valence electrons. The van der Waals surface area contributed by atoms with E-state index in [1.165, 1.54) is 10.7 Å². The Labute approximate surface area is 222 Å². The van der Waals surface area contributed by atoms with Crippen molar-refractivity contribution < 1.29 is 22.9 Å². The SMILES string of the molecule is Cc1ccc(-n2nc(C(=O)NCC(C)C)c(C)c2Oc2ccc([N+](=O)[O-])cc2S(=O)(=O)NCC(C)C)cc1. The van der Waals surface area contributed by atoms with Crippen LogP contribution in [0.25, 0.3) is 5.69 Å². The zero-order valence-electron chi connectivity index (χ0n) is 22.3. The van der Waals surface area contributed by atoms with Gasteiger partial charge in [-0.2, -0.15) is 9.78 Å². The minimum absolute atomic E-state index is 0.00460. The minimum Gasteiger partial charge on any atom is -0.437 e. The number of nitrogens with one attached hydrogen (secondary N) is 2. The maximum Gasteiger partial charge on any atom is 0.272 e. The smallest absolute Gasteiger partial charge is 0.272 e. The van der Waals surface area contributed by atoms with E-state index in [-0.39, 0.29) is 35.7 Å². The Balaban J connectivity index is 2.16. The molecule has 2 N–H and O–H groups in total. The van der Waals surface area contributed by atoms with Crippen molar-refractivity contribution in [3.05, 3.63) is 69.4 Å². The van der Waals surface area contributed by atoms with Crippen LogP contribution in [0.3, 0.4) is 0 Å². The number of nitro groups is 1. The minimum atomic E-state index is -4.17. The molecule has 1 amide bonds. The van der Waals surface area contributed by atoms with Crippen LogP contribution in [0.2, 0.25) is 0 Å². The van der Waals surface area contributed by atoms with E-state index in [1.54, 1.807) is 19.1 Å². The molecule has 0 spiro atoms. The molecule has 0 aliphatic carbocycles. The Morgan fingerprint density at radius 3 is 2.26 bits per heavy atom. The zero-order chi connectivity index (χ0) is 28.2. The number of hydrogen-bond acceptors (Lipinski definition) is 7. The average molecular weight is 544 g/mol. The van der Waals surface area contributed by atoms with Crippen LogP contribution in [0.4, 0.5) is 5.69 Å². The van der Waals surface area contributed by atoms with Crippen LogP contribution in [0.15, 0.2) is 47.4 Å². The summed E-state index contributed by atoms with van der Waals surface area (Å²) >= 11 is 0. The third-order valence-electron chi connectivity index (χ3n) is 5.55. The molecule has 0 bridgehead atoms. The Hall–Kier alpha value is -3.77. The molecule has 11 nitrogen and oxygen atoms in total. The lowest BCUT2D eigenvalue weighted by atomic mass is 10.2. The lowest BCUT2D eigenvalue weighted by Crippen LogP contribution is -2.28. The summed E-state index contributed by atoms with van der Waals surface area (Å²) in [6.07, 6.45) is 0. The van der Waals surface area contributed by atoms with Crippen molar-refractivity contribution in [1.29, 1.82) is 0 Å². The summed E-state index contributed by atoms with van der Waals surface area (Å²) in [6.45, 7) is 11.8. The molecule has 3 aromatic rings. The van der Waals surface area contributed by atoms with E-state index in [0.29, 0.717) is 17.8 Å². The Morgan fingerprint density at radius 2 is 1.68 bits per heavy atom. The van der Waals surface area contributed by atoms with E-state index in [4.69, 9.17) is 4.74 Å². The molecule has 0 saturated carbocycles. The van der Waals surface area contributed by atoms with Gasteiger partial charge in [0.1, 0.15) is 10.6 Å². The molecule has 38 heavy (non-hydrogen) atoms. The maximum atomic E-state index is 13.2. The highest BCUT2D eigenvalue weighted by Crippen LogP contribution is 2.35. The second kappa shape index (κ2) is 11.7. The molecule has 0 unspecified atom stereocenters. The fourth-order valence-corrected chi connectivity index (χ4v) is 4.78. The molecule has 0 saturated heterocycles. The summed E-state index contributed by atoms with van der Waals surface area (Å²) in [7, 11) is -4.17. The molecule has 0 fully saturated rings. The van der Waals surface area contributed by atoms with Gasteiger partial charge in [0.15, 0.2) is 5.69 Å². The number of benzene rings is 2. The molecule has 2 aromatic carbocycles. The van der Waals surface area contributed by atoms with Crippen LogP contribution in [0.5, 0.6) is 11.6 Å². The van der Waals surface area contributed by atoms with Gasteiger partial charge in [-0.25, -0.2) is 13.1 Å². The van der Waals surface area contributed by atoms with Gasteiger partial charge >= 0.3 is 0 Å². The van der Waals surface area contributed by atoms with Crippen molar-refractivity contribution in [2.45, 2.75) is 46.4 Å². The van der Waals surface area contributed by atoms with Gasteiger partial charge < -0.3 is 10.1 Å². The van der Waals surface area contributed by atoms with Gasteiger partial charge in [0.25, 0.3) is 11.6 Å². The van der Waals surface area contributed by atoms with E-state index in [0.717, 1.165) is 17.7 Å². The number of carbonyl (C=O) groups is 1. The highest BCUT2D eigenvalue weighted by Gasteiger charge is 2.28. The molecule has 0 radical (unpaired) electrons. The second-order valence-corrected chi connectivity index (χ2v) is 11.6. The predicted molar refractivity (Wildman–Crippen MR) is 143 cm³/mol. The summed E-state index contributed by atoms with van der Waals surface area (Å²) in [6, 6.07) is 10.7. The fourth-order valence-electron chi connectivity index (χ4n) is 3.42. The number of nitro benzene ring substituents is 1. The largest absolute Gasteiger partial charge is 0.437 e. The Kier molecular flexibility index (Phi) is 8.89. The second-order valence-electron chi connectivity index (χ2n) is 9.87. The average Bonchev–Trinajstić information content (AvgIpc) is 3.17. The molecular formula is C26H33N5O6S. The molecule has 1 heterocycles. The molecule has 12 heteroatoms. The third-order valence-corrected chi connectivity index (χ3v) is 6.99. The molecular weight excluding hydrogens is 510 g/mol. The number of nitrogens with zero attached hydrogens (tertiary/aromatic N) is 3. The number of carbonyl (C=O) groups excluding carboxylic acids is 1. The lowest BCUT2D eigenvalue weighted by Gasteiger charge is -2.15. The van der Waals surface area contributed by atoms with Crippen LogP contribution in [0.1, 0.15) is 49.3 Å². The van der Waals surface area contributed by atoms with Crippen molar-refractivity contribution in [2.75, 3.05) is 13.1 Å². The summed E-state index contributed by atoms with van der Waals surface area (Å²) in [4.78, 5) is 23.3. The third kappa shape index (κ3) is 6.75. The first-order valence-corrected chi connectivity index (χ1v) is 13.7. The number of amides is 1. The fraction of sp³-hybridized carbons (Fsp3) is 0.385. The highest BCUT2D eigenvalue weighted by molar-refractivity contribution is 7.89. The molecule has 0 aliphatic heterocycles. The molecule has 1 aromatic heterocycles. The van der Waals surface area contributed by atoms with Gasteiger partial charge in [0.05, 0.1) is 10.6 Å². The number of aryl methyl sites for hydroxylation is 1. The summed E-state index contributed by atoms with van der Waals surface area (Å²) < 4.78 is 36.3. The van der Waals surface area contributed by atoms with E-state index >= 15 is 0 Å². The predicted octanol–water partition coefficient (Wildman–Crippen LogP) is 4.51. The van der Waals surface area contributed by atoms with Crippen molar-refractivity contribution >= 4 is 21.6 Å².